The number of hydrogen-bond donors (Lipinski definition) is 0. The molecule has 28 heavy (non-hydrogen) atoms. The van der Waals surface area contributed by atoms with Gasteiger partial charge in [0.25, 0.3) is 5.89 Å². The van der Waals surface area contributed by atoms with Gasteiger partial charge in [0.05, 0.1) is 4.92 Å². The molecule has 9 heteroatoms. The summed E-state index contributed by atoms with van der Waals surface area (Å²) in [6.45, 7) is 1.36. The second kappa shape index (κ2) is 8.76. The van der Waals surface area contributed by atoms with Crippen molar-refractivity contribution in [1.82, 2.24) is 10.1 Å². The lowest BCUT2D eigenvalue weighted by Gasteiger charge is -2.05. The standard InChI is InChI=1S/C19H17N3O6/c1-2-13-7-9-14(10-8-13)19-20-17(28-21-19)11-27-18(23)12-26-16-6-4-3-5-15(16)22(24)25/h3-10H,2,11-12H2,1H3. The first kappa shape index (κ1) is 19.0. The topological polar surface area (TPSA) is 118 Å². The molecule has 9 nitrogen and oxygen atoms in total. The fourth-order valence-corrected chi connectivity index (χ4v) is 2.37. The van der Waals surface area contributed by atoms with Gasteiger partial charge >= 0.3 is 11.7 Å². The van der Waals surface area contributed by atoms with Crippen LogP contribution in [0.1, 0.15) is 18.4 Å². The molecule has 2 aromatic carbocycles. The third kappa shape index (κ3) is 4.70. The highest BCUT2D eigenvalue weighted by atomic mass is 16.6. The minimum absolute atomic E-state index is 0.0138. The normalized spacial score (nSPS) is 10.5. The summed E-state index contributed by atoms with van der Waals surface area (Å²) in [7, 11) is 0. The van der Waals surface area contributed by atoms with Crippen LogP contribution in [-0.2, 0) is 22.6 Å². The van der Waals surface area contributed by atoms with Gasteiger partial charge in [-0.2, -0.15) is 4.98 Å². The van der Waals surface area contributed by atoms with Crippen molar-refractivity contribution >= 4 is 11.7 Å². The second-order valence-corrected chi connectivity index (χ2v) is 5.74. The predicted octanol–water partition coefficient (Wildman–Crippen LogP) is 3.33. The highest BCUT2D eigenvalue weighted by Crippen LogP contribution is 2.25. The third-order valence-corrected chi connectivity index (χ3v) is 3.85. The summed E-state index contributed by atoms with van der Waals surface area (Å²) in [5, 5.41) is 14.8. The molecule has 3 rings (SSSR count). The van der Waals surface area contributed by atoms with Crippen LogP contribution in [0.5, 0.6) is 5.75 Å². The zero-order valence-corrected chi connectivity index (χ0v) is 15.0. The van der Waals surface area contributed by atoms with Gasteiger partial charge in [0.15, 0.2) is 19.0 Å². The molecule has 1 heterocycles. The molecule has 0 fully saturated rings. The van der Waals surface area contributed by atoms with E-state index in [1.165, 1.54) is 23.8 Å². The van der Waals surface area contributed by atoms with Crippen LogP contribution >= 0.6 is 0 Å². The highest BCUT2D eigenvalue weighted by Gasteiger charge is 2.16. The number of nitro groups is 1. The van der Waals surface area contributed by atoms with E-state index in [1.807, 2.05) is 24.3 Å². The van der Waals surface area contributed by atoms with Gasteiger partial charge in [-0.1, -0.05) is 48.5 Å². The lowest BCUT2D eigenvalue weighted by atomic mass is 10.1. The third-order valence-electron chi connectivity index (χ3n) is 3.85. The SMILES string of the molecule is CCc1ccc(-c2noc(COC(=O)COc3ccccc3[N+](=O)[O-])n2)cc1. The summed E-state index contributed by atoms with van der Waals surface area (Å²) >= 11 is 0. The maximum atomic E-state index is 11.8. The van der Waals surface area contributed by atoms with Crippen LogP contribution in [0, 0.1) is 10.1 Å². The van der Waals surface area contributed by atoms with E-state index in [4.69, 9.17) is 14.0 Å². The molecule has 0 aliphatic carbocycles. The fraction of sp³-hybridized carbons (Fsp3) is 0.211. The highest BCUT2D eigenvalue weighted by molar-refractivity contribution is 5.71. The number of aromatic nitrogens is 2. The van der Waals surface area contributed by atoms with Crippen LogP contribution in [-0.4, -0.2) is 27.6 Å². The summed E-state index contributed by atoms with van der Waals surface area (Å²) in [6.07, 6.45) is 0.932. The molecule has 3 aromatic rings. The van der Waals surface area contributed by atoms with E-state index in [1.54, 1.807) is 6.07 Å². The monoisotopic (exact) mass is 383 g/mol. The molecule has 0 amide bonds. The van der Waals surface area contributed by atoms with Crippen molar-refractivity contribution in [2.45, 2.75) is 20.0 Å². The van der Waals surface area contributed by atoms with Crippen LogP contribution in [0.2, 0.25) is 0 Å². The molecule has 0 atom stereocenters. The van der Waals surface area contributed by atoms with Crippen LogP contribution < -0.4 is 4.74 Å². The Labute approximate surface area is 160 Å². The molecule has 0 saturated heterocycles. The van der Waals surface area contributed by atoms with Gasteiger partial charge < -0.3 is 14.0 Å². The quantitative estimate of drug-likeness (QED) is 0.330. The number of aryl methyl sites for hydroxylation is 1. The zero-order valence-electron chi connectivity index (χ0n) is 15.0. The Morgan fingerprint density at radius 1 is 1.18 bits per heavy atom. The lowest BCUT2D eigenvalue weighted by Crippen LogP contribution is -2.15. The number of ether oxygens (including phenoxy) is 2. The van der Waals surface area contributed by atoms with Gasteiger partial charge in [-0.25, -0.2) is 4.79 Å². The summed E-state index contributed by atoms with van der Waals surface area (Å²) in [6, 6.07) is 13.5. The Morgan fingerprint density at radius 3 is 2.64 bits per heavy atom. The van der Waals surface area contributed by atoms with Gasteiger partial charge in [-0.15, -0.1) is 0 Å². The molecule has 144 valence electrons. The van der Waals surface area contributed by atoms with Crippen molar-refractivity contribution in [2.75, 3.05) is 6.61 Å². The van der Waals surface area contributed by atoms with Gasteiger partial charge in [-0.3, -0.25) is 10.1 Å². The Bertz CT molecular complexity index is 968. The van der Waals surface area contributed by atoms with Crippen molar-refractivity contribution in [3.63, 3.8) is 0 Å². The zero-order chi connectivity index (χ0) is 19.9. The number of carbonyl (C=O) groups excluding carboxylic acids is 1. The Hall–Kier alpha value is -3.75. The Morgan fingerprint density at radius 2 is 1.93 bits per heavy atom. The molecule has 0 bridgehead atoms. The van der Waals surface area contributed by atoms with E-state index >= 15 is 0 Å². The number of esters is 1. The molecule has 0 N–H and O–H groups in total. The van der Waals surface area contributed by atoms with E-state index in [0.29, 0.717) is 5.82 Å². The minimum atomic E-state index is -0.717. The molecule has 0 aliphatic heterocycles. The number of nitro benzene ring substituents is 1. The Balaban J connectivity index is 1.52. The molecule has 1 aromatic heterocycles. The molecular formula is C19H17N3O6. The average Bonchev–Trinajstić information content (AvgIpc) is 3.20. The molecule has 0 radical (unpaired) electrons. The first-order valence-electron chi connectivity index (χ1n) is 8.50. The lowest BCUT2D eigenvalue weighted by molar-refractivity contribution is -0.385. The first-order chi connectivity index (χ1) is 13.6. The molecule has 0 saturated carbocycles. The van der Waals surface area contributed by atoms with Gasteiger partial charge in [-0.05, 0) is 18.1 Å². The molecule has 0 aliphatic rings. The summed E-state index contributed by atoms with van der Waals surface area (Å²) in [5.74, 6) is -0.205. The molecule has 0 spiro atoms. The second-order valence-electron chi connectivity index (χ2n) is 5.74. The molecule has 0 unspecified atom stereocenters. The van der Waals surface area contributed by atoms with E-state index in [2.05, 4.69) is 17.1 Å². The fourth-order valence-electron chi connectivity index (χ4n) is 2.37. The van der Waals surface area contributed by atoms with Crippen molar-refractivity contribution in [3.8, 4) is 17.1 Å². The summed E-state index contributed by atoms with van der Waals surface area (Å²) in [5.41, 5.74) is 1.75. The van der Waals surface area contributed by atoms with E-state index in [9.17, 15) is 14.9 Å². The van der Waals surface area contributed by atoms with Crippen LogP contribution in [0.3, 0.4) is 0 Å². The number of rotatable bonds is 8. The van der Waals surface area contributed by atoms with Gasteiger partial charge in [0, 0.05) is 11.6 Å². The number of para-hydroxylation sites is 2. The maximum Gasteiger partial charge on any atom is 0.344 e. The first-order valence-corrected chi connectivity index (χ1v) is 8.50. The predicted molar refractivity (Wildman–Crippen MR) is 97.5 cm³/mol. The van der Waals surface area contributed by atoms with Crippen molar-refractivity contribution in [3.05, 3.63) is 70.1 Å². The van der Waals surface area contributed by atoms with Crippen LogP contribution in [0.4, 0.5) is 5.69 Å². The minimum Gasteiger partial charge on any atom is -0.475 e. The van der Waals surface area contributed by atoms with Crippen molar-refractivity contribution in [1.29, 1.82) is 0 Å². The van der Waals surface area contributed by atoms with E-state index in [0.717, 1.165) is 12.0 Å². The summed E-state index contributed by atoms with van der Waals surface area (Å²) in [4.78, 5) is 26.3. The maximum absolute atomic E-state index is 11.8. The van der Waals surface area contributed by atoms with Crippen LogP contribution in [0.15, 0.2) is 53.1 Å². The van der Waals surface area contributed by atoms with E-state index < -0.39 is 17.5 Å². The van der Waals surface area contributed by atoms with Crippen molar-refractivity contribution in [2.24, 2.45) is 0 Å². The number of benzene rings is 2. The smallest absolute Gasteiger partial charge is 0.344 e. The number of hydrogen-bond acceptors (Lipinski definition) is 8. The van der Waals surface area contributed by atoms with Crippen LogP contribution in [0.25, 0.3) is 11.4 Å². The Kier molecular flexibility index (Phi) is 5.95. The van der Waals surface area contributed by atoms with E-state index in [-0.39, 0.29) is 23.9 Å². The number of nitrogens with zero attached hydrogens (tertiary/aromatic N) is 3. The van der Waals surface area contributed by atoms with Gasteiger partial charge in [0.1, 0.15) is 0 Å². The average molecular weight is 383 g/mol. The number of carbonyl (C=O) groups is 1. The van der Waals surface area contributed by atoms with Gasteiger partial charge in [0.2, 0.25) is 5.82 Å². The summed E-state index contributed by atoms with van der Waals surface area (Å²) < 4.78 is 15.2. The van der Waals surface area contributed by atoms with Crippen molar-refractivity contribution < 1.29 is 23.7 Å². The largest absolute Gasteiger partial charge is 0.475 e. The molecular weight excluding hydrogens is 366 g/mol.